The lowest BCUT2D eigenvalue weighted by molar-refractivity contribution is 0.0914. The van der Waals surface area contributed by atoms with Gasteiger partial charge in [-0.2, -0.15) is 0 Å². The van der Waals surface area contributed by atoms with Gasteiger partial charge in [0.05, 0.1) is 19.2 Å². The quantitative estimate of drug-likeness (QED) is 0.391. The minimum Gasteiger partial charge on any atom is -0.454 e. The Labute approximate surface area is 214 Å². The van der Waals surface area contributed by atoms with Gasteiger partial charge in [0, 0.05) is 36.2 Å². The first-order chi connectivity index (χ1) is 18.0. The molecule has 2 aromatic carbocycles. The van der Waals surface area contributed by atoms with Crippen LogP contribution in [0, 0.1) is 13.8 Å². The zero-order valence-corrected chi connectivity index (χ0v) is 21.1. The van der Waals surface area contributed by atoms with Crippen LogP contribution in [-0.2, 0) is 30.9 Å². The topological polar surface area (TPSA) is 107 Å². The summed E-state index contributed by atoms with van der Waals surface area (Å²) in [7, 11) is 0. The second-order valence-corrected chi connectivity index (χ2v) is 9.91. The van der Waals surface area contributed by atoms with Crippen LogP contribution in [0.3, 0.4) is 0 Å². The molecule has 0 unspecified atom stereocenters. The minimum absolute atomic E-state index is 0.0906. The summed E-state index contributed by atoms with van der Waals surface area (Å²) in [4.78, 5) is 18.4. The number of nitrogens with zero attached hydrogens (tertiary/aromatic N) is 5. The Balaban J connectivity index is 1.31. The number of aromatic amines is 1. The number of aromatic nitrogens is 5. The van der Waals surface area contributed by atoms with Crippen molar-refractivity contribution in [2.75, 3.05) is 13.4 Å². The number of H-pyrrole nitrogens is 1. The molecule has 1 fully saturated rings. The molecule has 1 atom stereocenters. The molecular formula is C27H30N6O4. The van der Waals surface area contributed by atoms with Crippen molar-refractivity contribution in [2.24, 2.45) is 0 Å². The average Bonchev–Trinajstić information content (AvgIpc) is 3.63. The fourth-order valence-electron chi connectivity index (χ4n) is 5.20. The number of hydrogen-bond donors (Lipinski definition) is 1. The van der Waals surface area contributed by atoms with Crippen molar-refractivity contribution < 1.29 is 14.2 Å². The monoisotopic (exact) mass is 502 g/mol. The standard InChI is InChI=1S/C27H30N6O4/c1-17-8-18(2)22-11-20(27(34)28-23(22)9-17)13-32(12-19-5-6-24-25(10-19)37-16-36-24)15-26-29-30-31-33(26)14-21-4-3-7-35-21/h5-6,8-11,21H,3-4,7,12-16H2,1-2H3,(H,28,34)/t21-/m0/s1. The van der Waals surface area contributed by atoms with Gasteiger partial charge >= 0.3 is 0 Å². The zero-order chi connectivity index (χ0) is 25.4. The molecule has 192 valence electrons. The maximum atomic E-state index is 13.1. The number of tetrazole rings is 1. The summed E-state index contributed by atoms with van der Waals surface area (Å²) in [5.74, 6) is 2.21. The summed E-state index contributed by atoms with van der Waals surface area (Å²) in [6, 6.07) is 12.1. The van der Waals surface area contributed by atoms with Gasteiger partial charge in [0.1, 0.15) is 0 Å². The smallest absolute Gasteiger partial charge is 0.252 e. The molecule has 4 aromatic rings. The van der Waals surface area contributed by atoms with Gasteiger partial charge in [0.15, 0.2) is 17.3 Å². The first-order valence-electron chi connectivity index (χ1n) is 12.6. The summed E-state index contributed by atoms with van der Waals surface area (Å²) >= 11 is 0. The normalized spacial score (nSPS) is 16.8. The van der Waals surface area contributed by atoms with Gasteiger partial charge in [-0.3, -0.25) is 9.69 Å². The summed E-state index contributed by atoms with van der Waals surface area (Å²) in [5.41, 5.74) is 4.76. The molecule has 0 spiro atoms. The molecule has 1 saturated heterocycles. The summed E-state index contributed by atoms with van der Waals surface area (Å²) in [6.45, 7) is 7.21. The highest BCUT2D eigenvalue weighted by Crippen LogP contribution is 2.33. The van der Waals surface area contributed by atoms with E-state index in [1.54, 1.807) is 0 Å². The fraction of sp³-hybridized carbons (Fsp3) is 0.407. The fourth-order valence-corrected chi connectivity index (χ4v) is 5.20. The Bertz CT molecular complexity index is 1490. The molecule has 10 nitrogen and oxygen atoms in total. The van der Waals surface area contributed by atoms with E-state index in [0.717, 1.165) is 64.4 Å². The average molecular weight is 503 g/mol. The third-order valence-corrected chi connectivity index (χ3v) is 7.00. The first-order valence-corrected chi connectivity index (χ1v) is 12.6. The highest BCUT2D eigenvalue weighted by atomic mass is 16.7. The van der Waals surface area contributed by atoms with E-state index >= 15 is 0 Å². The molecule has 4 heterocycles. The minimum atomic E-state index is -0.0906. The van der Waals surface area contributed by atoms with Crippen molar-refractivity contribution in [1.29, 1.82) is 0 Å². The highest BCUT2D eigenvalue weighted by molar-refractivity contribution is 5.83. The molecule has 0 aliphatic carbocycles. The zero-order valence-electron chi connectivity index (χ0n) is 21.1. The molecular weight excluding hydrogens is 472 g/mol. The highest BCUT2D eigenvalue weighted by Gasteiger charge is 2.22. The number of nitrogens with one attached hydrogen (secondary N) is 1. The van der Waals surface area contributed by atoms with E-state index in [1.807, 2.05) is 41.9 Å². The number of hydrogen-bond acceptors (Lipinski definition) is 8. The Kier molecular flexibility index (Phi) is 6.35. The lowest BCUT2D eigenvalue weighted by Crippen LogP contribution is -2.29. The third-order valence-electron chi connectivity index (χ3n) is 7.00. The van der Waals surface area contributed by atoms with Crippen molar-refractivity contribution in [3.8, 4) is 11.5 Å². The van der Waals surface area contributed by atoms with Crippen LogP contribution >= 0.6 is 0 Å². The number of ether oxygens (including phenoxy) is 3. The van der Waals surface area contributed by atoms with Crippen molar-refractivity contribution in [1.82, 2.24) is 30.1 Å². The summed E-state index contributed by atoms with van der Waals surface area (Å²) < 4.78 is 18.7. The molecule has 10 heteroatoms. The number of benzene rings is 2. The van der Waals surface area contributed by atoms with Gasteiger partial charge in [-0.05, 0) is 78.1 Å². The van der Waals surface area contributed by atoms with Crippen molar-refractivity contribution >= 4 is 10.9 Å². The lowest BCUT2D eigenvalue weighted by atomic mass is 10.0. The molecule has 2 aliphatic rings. The van der Waals surface area contributed by atoms with Crippen LogP contribution in [0.25, 0.3) is 10.9 Å². The van der Waals surface area contributed by atoms with Crippen molar-refractivity contribution in [2.45, 2.75) is 59.0 Å². The molecule has 0 amide bonds. The maximum absolute atomic E-state index is 13.1. The van der Waals surface area contributed by atoms with Gasteiger partial charge in [-0.25, -0.2) is 4.68 Å². The number of rotatable bonds is 8. The van der Waals surface area contributed by atoms with E-state index in [1.165, 1.54) is 0 Å². The van der Waals surface area contributed by atoms with E-state index in [9.17, 15) is 4.79 Å². The predicted molar refractivity (Wildman–Crippen MR) is 136 cm³/mol. The molecule has 1 N–H and O–H groups in total. The summed E-state index contributed by atoms with van der Waals surface area (Å²) in [5, 5.41) is 13.5. The van der Waals surface area contributed by atoms with Crippen LogP contribution < -0.4 is 15.0 Å². The van der Waals surface area contributed by atoms with E-state index < -0.39 is 0 Å². The van der Waals surface area contributed by atoms with E-state index in [-0.39, 0.29) is 18.5 Å². The molecule has 6 rings (SSSR count). The number of aryl methyl sites for hydroxylation is 2. The second kappa shape index (κ2) is 9.95. The van der Waals surface area contributed by atoms with Gasteiger partial charge in [-0.1, -0.05) is 12.1 Å². The summed E-state index contributed by atoms with van der Waals surface area (Å²) in [6.07, 6.45) is 2.19. The van der Waals surface area contributed by atoms with Crippen LogP contribution in [-0.4, -0.2) is 49.6 Å². The lowest BCUT2D eigenvalue weighted by Gasteiger charge is -2.22. The van der Waals surface area contributed by atoms with Gasteiger partial charge in [0.2, 0.25) is 6.79 Å². The van der Waals surface area contributed by atoms with Crippen LogP contribution in [0.4, 0.5) is 0 Å². The van der Waals surface area contributed by atoms with Crippen LogP contribution in [0.2, 0.25) is 0 Å². The molecule has 0 bridgehead atoms. The first kappa shape index (κ1) is 23.6. The Hall–Kier alpha value is -3.76. The largest absolute Gasteiger partial charge is 0.454 e. The van der Waals surface area contributed by atoms with Gasteiger partial charge in [-0.15, -0.1) is 5.10 Å². The van der Waals surface area contributed by atoms with Crippen LogP contribution in [0.5, 0.6) is 11.5 Å². The molecule has 37 heavy (non-hydrogen) atoms. The van der Waals surface area contributed by atoms with E-state index in [2.05, 4.69) is 38.4 Å². The Morgan fingerprint density at radius 2 is 1.97 bits per heavy atom. The van der Waals surface area contributed by atoms with Crippen LogP contribution in [0.1, 0.15) is 40.9 Å². The van der Waals surface area contributed by atoms with Crippen LogP contribution in [0.15, 0.2) is 41.2 Å². The number of pyridine rings is 1. The maximum Gasteiger partial charge on any atom is 0.252 e. The van der Waals surface area contributed by atoms with Crippen molar-refractivity contribution in [3.63, 3.8) is 0 Å². The predicted octanol–water partition coefficient (Wildman–Crippen LogP) is 3.24. The number of fused-ring (bicyclic) bond motifs is 2. The van der Waals surface area contributed by atoms with Gasteiger partial charge < -0.3 is 19.2 Å². The molecule has 0 radical (unpaired) electrons. The molecule has 2 aromatic heterocycles. The van der Waals surface area contributed by atoms with E-state index in [4.69, 9.17) is 14.2 Å². The molecule has 0 saturated carbocycles. The van der Waals surface area contributed by atoms with E-state index in [0.29, 0.717) is 31.7 Å². The second-order valence-electron chi connectivity index (χ2n) is 9.91. The van der Waals surface area contributed by atoms with Gasteiger partial charge in [0.25, 0.3) is 5.56 Å². The SMILES string of the molecule is Cc1cc(C)c2cc(CN(Cc3ccc4c(c3)OCO4)Cc3nnnn3C[C@@H]3CCCO3)c(=O)[nH]c2c1. The Morgan fingerprint density at radius 3 is 2.84 bits per heavy atom. The Morgan fingerprint density at radius 1 is 1.08 bits per heavy atom. The third kappa shape index (κ3) is 5.07. The molecule has 2 aliphatic heterocycles. The van der Waals surface area contributed by atoms with Crippen molar-refractivity contribution in [3.05, 3.63) is 74.8 Å².